The van der Waals surface area contributed by atoms with Crippen LogP contribution in [0.15, 0.2) is 54.0 Å². The van der Waals surface area contributed by atoms with Crippen LogP contribution in [0.3, 0.4) is 0 Å². The van der Waals surface area contributed by atoms with E-state index in [0.29, 0.717) is 16.9 Å². The first-order valence-corrected chi connectivity index (χ1v) is 15.2. The molecule has 47 heavy (non-hydrogen) atoms. The van der Waals surface area contributed by atoms with Gasteiger partial charge in [-0.3, -0.25) is 23.9 Å². The van der Waals surface area contributed by atoms with Crippen molar-refractivity contribution in [1.29, 1.82) is 0 Å². The molecule has 1 fully saturated rings. The molecule has 2 aliphatic heterocycles. The highest BCUT2D eigenvalue weighted by Gasteiger charge is 2.47. The van der Waals surface area contributed by atoms with E-state index in [-0.39, 0.29) is 41.4 Å². The number of fused-ring (bicyclic) bond motifs is 5. The Kier molecular flexibility index (Phi) is 8.02. The second-order valence-electron chi connectivity index (χ2n) is 12.1. The van der Waals surface area contributed by atoms with Crippen LogP contribution in [0, 0.1) is 18.6 Å². The highest BCUT2D eigenvalue weighted by Crippen LogP contribution is 2.44. The van der Waals surface area contributed by atoms with Gasteiger partial charge in [0.05, 0.1) is 35.7 Å². The minimum absolute atomic E-state index is 0.0750. The minimum Gasteiger partial charge on any atom is -0.507 e. The molecule has 244 valence electrons. The molecule has 1 aromatic carbocycles. The Balaban J connectivity index is 1.78. The van der Waals surface area contributed by atoms with E-state index in [2.05, 4.69) is 16.5 Å². The van der Waals surface area contributed by atoms with Crippen LogP contribution in [0.4, 0.5) is 24.5 Å². The topological polar surface area (TPSA) is 112 Å². The molecule has 4 aromatic rings. The number of carbonyl (C=O) groups is 2. The van der Waals surface area contributed by atoms with Gasteiger partial charge >= 0.3 is 0 Å². The van der Waals surface area contributed by atoms with Crippen LogP contribution in [0.25, 0.3) is 28.0 Å². The number of halogens is 3. The zero-order valence-electron chi connectivity index (χ0n) is 26.3. The van der Waals surface area contributed by atoms with Gasteiger partial charge in [0.2, 0.25) is 5.91 Å². The number of pyridine rings is 3. The molecule has 0 aliphatic carbocycles. The molecule has 0 saturated carbocycles. The van der Waals surface area contributed by atoms with Gasteiger partial charge in [-0.05, 0) is 55.7 Å². The van der Waals surface area contributed by atoms with Crippen molar-refractivity contribution in [3.05, 3.63) is 82.4 Å². The number of aromatic nitrogens is 3. The number of piperazine rings is 1. The summed E-state index contributed by atoms with van der Waals surface area (Å²) in [7, 11) is 0. The third-order valence-corrected chi connectivity index (χ3v) is 8.82. The molecular formula is C34H33F3N6O4. The summed E-state index contributed by atoms with van der Waals surface area (Å²) in [5.41, 5.74) is -0.462. The van der Waals surface area contributed by atoms with Gasteiger partial charge in [0.25, 0.3) is 11.5 Å². The molecule has 0 spiro atoms. The lowest BCUT2D eigenvalue weighted by atomic mass is 9.97. The molecule has 2 amide bonds. The highest BCUT2D eigenvalue weighted by atomic mass is 19.1. The summed E-state index contributed by atoms with van der Waals surface area (Å²) in [6.45, 7) is 9.36. The smallest absolute Gasteiger partial charge is 0.283 e. The van der Waals surface area contributed by atoms with E-state index in [0.717, 1.165) is 23.1 Å². The molecule has 13 heteroatoms. The molecule has 6 rings (SSSR count). The second-order valence-corrected chi connectivity index (χ2v) is 12.1. The number of benzene rings is 1. The number of aryl methyl sites for hydroxylation is 1. The Labute approximate surface area is 268 Å². The lowest BCUT2D eigenvalue weighted by molar-refractivity contribution is -0.130. The number of nitrogens with zero attached hydrogens (tertiary/aromatic N) is 6. The van der Waals surface area contributed by atoms with Crippen LogP contribution < -0.4 is 15.4 Å². The van der Waals surface area contributed by atoms with Crippen LogP contribution >= 0.6 is 0 Å². The molecule has 1 N–H and O–H groups in total. The fourth-order valence-electron chi connectivity index (χ4n) is 6.66. The van der Waals surface area contributed by atoms with Gasteiger partial charge in [-0.2, -0.15) is 0 Å². The number of hydrogen-bond donors (Lipinski definition) is 1. The van der Waals surface area contributed by atoms with Crippen molar-refractivity contribution in [2.45, 2.75) is 45.7 Å². The van der Waals surface area contributed by atoms with E-state index >= 15 is 8.78 Å². The molecule has 2 unspecified atom stereocenters. The normalized spacial score (nSPS) is 17.7. The first-order valence-electron chi connectivity index (χ1n) is 15.2. The number of carbonyl (C=O) groups excluding carboxylic acids is 2. The molecule has 0 radical (unpaired) electrons. The number of phenols is 1. The summed E-state index contributed by atoms with van der Waals surface area (Å²) in [5, 5.41) is 10.7. The maximum Gasteiger partial charge on any atom is 0.283 e. The van der Waals surface area contributed by atoms with Crippen molar-refractivity contribution < 1.29 is 27.9 Å². The Morgan fingerprint density at radius 2 is 1.87 bits per heavy atom. The van der Waals surface area contributed by atoms with Crippen LogP contribution in [-0.4, -0.2) is 74.7 Å². The Morgan fingerprint density at radius 1 is 1.13 bits per heavy atom. The van der Waals surface area contributed by atoms with E-state index in [4.69, 9.17) is 0 Å². The number of rotatable bonds is 6. The van der Waals surface area contributed by atoms with Gasteiger partial charge in [-0.15, -0.1) is 0 Å². The Hall–Kier alpha value is -5.20. The molecular weight excluding hydrogens is 613 g/mol. The average molecular weight is 647 g/mol. The molecule has 2 aliphatic rings. The van der Waals surface area contributed by atoms with Crippen LogP contribution in [0.2, 0.25) is 0 Å². The van der Waals surface area contributed by atoms with Crippen LogP contribution in [-0.2, 0) is 9.59 Å². The average Bonchev–Trinajstić information content (AvgIpc) is 3.03. The molecule has 3 aromatic heterocycles. The number of anilines is 2. The monoisotopic (exact) mass is 646 g/mol. The van der Waals surface area contributed by atoms with E-state index in [1.165, 1.54) is 21.6 Å². The van der Waals surface area contributed by atoms with E-state index in [1.54, 1.807) is 31.0 Å². The standard InChI is InChI=1S/C34H33F3N6O4/c1-6-25(45)41-16-23-33(46)40(13-11-35)31-30(42(23)15-19(41)5)20-14-22(37)28(26-21(36)8-7-9-24(26)44)39-32(20)43(34(31)47)29-18(4)10-12-38-27(29)17(2)3/h6-10,12,14,17,19,23,44H,1,11,13,15-16H2,2-5H3. The number of phenolic OH excluding ortho intramolecular Hbond substituents is 1. The minimum atomic E-state index is -1.03. The zero-order chi connectivity index (χ0) is 33.9. The summed E-state index contributed by atoms with van der Waals surface area (Å²) < 4.78 is 46.7. The van der Waals surface area contributed by atoms with Gasteiger partial charge in [0.1, 0.15) is 35.7 Å². The fourth-order valence-corrected chi connectivity index (χ4v) is 6.66. The number of alkyl halides is 1. The van der Waals surface area contributed by atoms with Gasteiger partial charge < -0.3 is 19.8 Å². The zero-order valence-corrected chi connectivity index (χ0v) is 26.3. The Morgan fingerprint density at radius 3 is 2.53 bits per heavy atom. The van der Waals surface area contributed by atoms with Crippen molar-refractivity contribution >= 4 is 34.2 Å². The summed E-state index contributed by atoms with van der Waals surface area (Å²) >= 11 is 0. The largest absolute Gasteiger partial charge is 0.507 e. The third kappa shape index (κ3) is 4.91. The molecule has 0 bridgehead atoms. The van der Waals surface area contributed by atoms with Gasteiger partial charge in [0.15, 0.2) is 11.5 Å². The predicted molar refractivity (Wildman–Crippen MR) is 172 cm³/mol. The quantitative estimate of drug-likeness (QED) is 0.301. The molecule has 1 saturated heterocycles. The summed E-state index contributed by atoms with van der Waals surface area (Å²) in [6.07, 6.45) is 2.73. The first kappa shape index (κ1) is 31.8. The molecule has 2 atom stereocenters. The van der Waals surface area contributed by atoms with Crippen molar-refractivity contribution in [3.8, 4) is 22.7 Å². The van der Waals surface area contributed by atoms with Crippen molar-refractivity contribution in [2.75, 3.05) is 36.1 Å². The maximum atomic E-state index is 16.2. The highest BCUT2D eigenvalue weighted by molar-refractivity contribution is 6.12. The van der Waals surface area contributed by atoms with Gasteiger partial charge in [-0.25, -0.2) is 18.2 Å². The SMILES string of the molecule is C=CC(=O)N1CC2C(=O)N(CCF)c3c(c4cc(F)c(-c5c(O)cccc5F)nc4n(-c4c(C)ccnc4C(C)C)c3=O)N2CC1C. The maximum absolute atomic E-state index is 16.2. The lowest BCUT2D eigenvalue weighted by Crippen LogP contribution is -2.66. The number of aromatic hydroxyl groups is 1. The van der Waals surface area contributed by atoms with Crippen molar-refractivity contribution in [3.63, 3.8) is 0 Å². The van der Waals surface area contributed by atoms with E-state index in [1.807, 2.05) is 13.8 Å². The third-order valence-electron chi connectivity index (χ3n) is 8.82. The second kappa shape index (κ2) is 11.9. The van der Waals surface area contributed by atoms with E-state index in [9.17, 15) is 23.9 Å². The van der Waals surface area contributed by atoms with Crippen LogP contribution in [0.5, 0.6) is 5.75 Å². The molecule has 5 heterocycles. The number of hydrogen-bond acceptors (Lipinski definition) is 7. The van der Waals surface area contributed by atoms with Crippen molar-refractivity contribution in [1.82, 2.24) is 19.4 Å². The predicted octanol–water partition coefficient (Wildman–Crippen LogP) is 4.77. The van der Waals surface area contributed by atoms with Crippen LogP contribution in [0.1, 0.15) is 37.9 Å². The summed E-state index contributed by atoms with van der Waals surface area (Å²) in [4.78, 5) is 54.9. The van der Waals surface area contributed by atoms with Gasteiger partial charge in [0, 0.05) is 24.2 Å². The molecule has 10 nitrogen and oxygen atoms in total. The van der Waals surface area contributed by atoms with Crippen molar-refractivity contribution in [2.24, 2.45) is 0 Å². The first-order chi connectivity index (χ1) is 22.4. The van der Waals surface area contributed by atoms with E-state index < -0.39 is 71.3 Å². The lowest BCUT2D eigenvalue weighted by Gasteiger charge is -2.50. The Bertz CT molecular complexity index is 2010. The summed E-state index contributed by atoms with van der Waals surface area (Å²) in [6, 6.07) is 4.80. The summed E-state index contributed by atoms with van der Waals surface area (Å²) in [5.74, 6) is -3.69. The number of amides is 2. The van der Waals surface area contributed by atoms with Gasteiger partial charge in [-0.1, -0.05) is 26.5 Å². The fraction of sp³-hybridized carbons (Fsp3) is 0.324.